The van der Waals surface area contributed by atoms with Gasteiger partial charge in [-0.15, -0.1) is 0 Å². The molecule has 1 aromatic heterocycles. The molecule has 2 aromatic carbocycles. The van der Waals surface area contributed by atoms with Gasteiger partial charge < -0.3 is 14.0 Å². The van der Waals surface area contributed by atoms with Crippen LogP contribution in [0.15, 0.2) is 55.1 Å². The van der Waals surface area contributed by atoms with Gasteiger partial charge >= 0.3 is 5.97 Å². The highest BCUT2D eigenvalue weighted by atomic mass is 19.3. The van der Waals surface area contributed by atoms with Crippen LogP contribution in [0.5, 0.6) is 5.75 Å². The van der Waals surface area contributed by atoms with Crippen LogP contribution >= 0.6 is 0 Å². The van der Waals surface area contributed by atoms with Crippen molar-refractivity contribution >= 4 is 16.9 Å². The topological polar surface area (TPSA) is 40.5 Å². The largest absolute Gasteiger partial charge is 0.494 e. The third-order valence-corrected chi connectivity index (χ3v) is 6.97. The number of hydrogen-bond donors (Lipinski definition) is 0. The molecule has 38 heavy (non-hydrogen) atoms. The van der Waals surface area contributed by atoms with E-state index in [1.54, 1.807) is 0 Å². The second-order valence-electron chi connectivity index (χ2n) is 9.89. The second-order valence-corrected chi connectivity index (χ2v) is 9.89. The number of benzene rings is 2. The van der Waals surface area contributed by atoms with Gasteiger partial charge in [0.1, 0.15) is 5.75 Å². The highest BCUT2D eigenvalue weighted by Gasteiger charge is 2.27. The molecule has 0 fully saturated rings. The Morgan fingerprint density at radius 3 is 2.47 bits per heavy atom. The number of esters is 1. The van der Waals surface area contributed by atoms with Gasteiger partial charge in [0, 0.05) is 48.7 Å². The van der Waals surface area contributed by atoms with Crippen molar-refractivity contribution in [2.45, 2.75) is 77.6 Å². The fourth-order valence-electron chi connectivity index (χ4n) is 4.79. The Balaban J connectivity index is 1.60. The molecule has 0 bridgehead atoms. The van der Waals surface area contributed by atoms with E-state index in [-0.39, 0.29) is 38.9 Å². The highest BCUT2D eigenvalue weighted by Crippen LogP contribution is 2.33. The Kier molecular flexibility index (Phi) is 10.9. The van der Waals surface area contributed by atoms with Gasteiger partial charge in [0.05, 0.1) is 18.7 Å². The van der Waals surface area contributed by atoms with Gasteiger partial charge in [-0.25, -0.2) is 13.6 Å². The van der Waals surface area contributed by atoms with E-state index in [1.807, 2.05) is 18.2 Å². The fraction of sp³-hybridized carbons (Fsp3) is 0.469. The first-order valence-electron chi connectivity index (χ1n) is 13.8. The normalized spacial score (nSPS) is 11.6. The molecule has 0 aliphatic heterocycles. The summed E-state index contributed by atoms with van der Waals surface area (Å²) in [7, 11) is 2.06. The summed E-state index contributed by atoms with van der Waals surface area (Å²) in [6.45, 7) is 7.89. The molecule has 0 N–H and O–H groups in total. The van der Waals surface area contributed by atoms with Crippen LogP contribution in [0, 0.1) is 0 Å². The lowest BCUT2D eigenvalue weighted by Crippen LogP contribution is -2.18. The molecule has 0 radical (unpaired) electrons. The fourth-order valence-corrected chi connectivity index (χ4v) is 4.79. The lowest BCUT2D eigenvalue weighted by atomic mass is 9.97. The number of rotatable bonds is 16. The third kappa shape index (κ3) is 8.17. The van der Waals surface area contributed by atoms with Gasteiger partial charge in [-0.3, -0.25) is 0 Å². The Morgan fingerprint density at radius 2 is 1.76 bits per heavy atom. The number of ether oxygens (including phenoxy) is 2. The third-order valence-electron chi connectivity index (χ3n) is 6.97. The van der Waals surface area contributed by atoms with Gasteiger partial charge in [0.15, 0.2) is 0 Å². The quantitative estimate of drug-likeness (QED) is 0.107. The maximum atomic E-state index is 14.1. The van der Waals surface area contributed by atoms with E-state index in [2.05, 4.69) is 56.3 Å². The number of nitrogens with zero attached hydrogens (tertiary/aromatic N) is 1. The van der Waals surface area contributed by atoms with E-state index in [9.17, 15) is 13.6 Å². The van der Waals surface area contributed by atoms with Gasteiger partial charge in [-0.1, -0.05) is 51.5 Å². The summed E-state index contributed by atoms with van der Waals surface area (Å²) < 4.78 is 41.0. The number of alkyl halides is 2. The number of carbonyl (C=O) groups is 1. The van der Waals surface area contributed by atoms with Crippen molar-refractivity contribution in [1.82, 2.24) is 4.57 Å². The van der Waals surface area contributed by atoms with Crippen molar-refractivity contribution in [3.63, 3.8) is 0 Å². The van der Waals surface area contributed by atoms with Gasteiger partial charge in [-0.2, -0.15) is 0 Å². The molecule has 0 aliphatic rings. The van der Waals surface area contributed by atoms with Crippen molar-refractivity contribution in [3.8, 4) is 17.0 Å². The molecule has 3 rings (SSSR count). The number of halogens is 2. The van der Waals surface area contributed by atoms with Gasteiger partial charge in [0.25, 0.3) is 0 Å². The minimum Gasteiger partial charge on any atom is -0.494 e. The van der Waals surface area contributed by atoms with Crippen molar-refractivity contribution in [2.75, 3.05) is 13.2 Å². The van der Waals surface area contributed by atoms with Crippen LogP contribution < -0.4 is 4.74 Å². The van der Waals surface area contributed by atoms with Crippen molar-refractivity contribution in [3.05, 3.63) is 66.2 Å². The van der Waals surface area contributed by atoms with Crippen molar-refractivity contribution in [1.29, 1.82) is 0 Å². The molecule has 0 spiro atoms. The number of aryl methyl sites for hydroxylation is 3. The van der Waals surface area contributed by atoms with Crippen LogP contribution in [0.3, 0.4) is 0 Å². The van der Waals surface area contributed by atoms with Crippen LogP contribution in [-0.2, 0) is 29.4 Å². The predicted molar refractivity (Wildman–Crippen MR) is 151 cm³/mol. The van der Waals surface area contributed by atoms with E-state index in [0.29, 0.717) is 5.75 Å². The van der Waals surface area contributed by atoms with Crippen LogP contribution in [0.2, 0.25) is 0 Å². The monoisotopic (exact) mass is 525 g/mol. The van der Waals surface area contributed by atoms with Gasteiger partial charge in [0.2, 0.25) is 5.92 Å². The van der Waals surface area contributed by atoms with Crippen molar-refractivity contribution in [2.24, 2.45) is 7.05 Å². The lowest BCUT2D eigenvalue weighted by Gasteiger charge is -2.16. The molecule has 6 heteroatoms. The maximum absolute atomic E-state index is 14.1. The summed E-state index contributed by atoms with van der Waals surface area (Å²) in [5.74, 6) is -2.74. The second kappa shape index (κ2) is 14.1. The first kappa shape index (κ1) is 29.4. The molecular formula is C32H41F2NO3. The highest BCUT2D eigenvalue weighted by molar-refractivity contribution is 5.88. The SMILES string of the molecule is C=CC(=O)OCCCC(F)(F)CCCOc1ccc2cc(-c3ccc(CCCCC)cc3CC)n(C)c2c1. The lowest BCUT2D eigenvalue weighted by molar-refractivity contribution is -0.138. The standard InChI is InChI=1S/C32H41F2NO3/c1-5-8-9-12-24-13-16-28(25(6-2)21-24)30-22-26-14-15-27(23-29(26)35(30)4)37-19-10-17-32(33,34)18-11-20-38-31(36)7-3/h7,13-16,21-23H,3,5-6,8-12,17-20H2,1-2,4H3. The van der Waals surface area contributed by atoms with Crippen LogP contribution in [-0.4, -0.2) is 29.7 Å². The number of carbonyl (C=O) groups excluding carboxylic acids is 1. The molecule has 4 nitrogen and oxygen atoms in total. The van der Waals surface area contributed by atoms with E-state index in [4.69, 9.17) is 9.47 Å². The number of aromatic nitrogens is 1. The molecule has 206 valence electrons. The molecule has 3 aromatic rings. The Labute approximate surface area is 225 Å². The van der Waals surface area contributed by atoms with Crippen molar-refractivity contribution < 1.29 is 23.0 Å². The molecule has 1 heterocycles. The summed E-state index contributed by atoms with van der Waals surface area (Å²) in [6.07, 6.45) is 6.58. The zero-order valence-corrected chi connectivity index (χ0v) is 23.0. The molecular weight excluding hydrogens is 484 g/mol. The van der Waals surface area contributed by atoms with E-state index in [1.165, 1.54) is 36.0 Å². The van der Waals surface area contributed by atoms with Gasteiger partial charge in [-0.05, 0) is 61.4 Å². The smallest absolute Gasteiger partial charge is 0.330 e. The Hall–Kier alpha value is -3.15. The summed E-state index contributed by atoms with van der Waals surface area (Å²) in [5, 5.41) is 1.12. The molecule has 0 saturated carbocycles. The average molecular weight is 526 g/mol. The minimum absolute atomic E-state index is 0.0293. The molecule has 0 atom stereocenters. The van der Waals surface area contributed by atoms with E-state index < -0.39 is 11.9 Å². The number of unbranched alkanes of at least 4 members (excludes halogenated alkanes) is 2. The summed E-state index contributed by atoms with van der Waals surface area (Å²) in [5.41, 5.74) is 6.20. The zero-order valence-electron chi connectivity index (χ0n) is 23.0. The summed E-state index contributed by atoms with van der Waals surface area (Å²) in [4.78, 5) is 11.0. The predicted octanol–water partition coefficient (Wildman–Crippen LogP) is 8.44. The first-order chi connectivity index (χ1) is 18.3. The van der Waals surface area contributed by atoms with Crippen LogP contribution in [0.1, 0.15) is 69.9 Å². The Bertz CT molecular complexity index is 1210. The molecule has 0 aliphatic carbocycles. The van der Waals surface area contributed by atoms with E-state index in [0.717, 1.165) is 35.5 Å². The summed E-state index contributed by atoms with van der Waals surface area (Å²) in [6, 6.07) is 15.0. The Morgan fingerprint density at radius 1 is 1.00 bits per heavy atom. The van der Waals surface area contributed by atoms with E-state index >= 15 is 0 Å². The number of hydrogen-bond acceptors (Lipinski definition) is 3. The maximum Gasteiger partial charge on any atom is 0.330 e. The van der Waals surface area contributed by atoms with Crippen LogP contribution in [0.25, 0.3) is 22.2 Å². The zero-order chi connectivity index (χ0) is 27.5. The summed E-state index contributed by atoms with van der Waals surface area (Å²) >= 11 is 0. The minimum atomic E-state index is -2.82. The molecule has 0 saturated heterocycles. The first-order valence-corrected chi connectivity index (χ1v) is 13.8. The molecule has 0 unspecified atom stereocenters. The number of fused-ring (bicyclic) bond motifs is 1. The average Bonchev–Trinajstić information content (AvgIpc) is 3.24. The molecule has 0 amide bonds. The van der Waals surface area contributed by atoms with Crippen LogP contribution in [0.4, 0.5) is 8.78 Å².